The van der Waals surface area contributed by atoms with Gasteiger partial charge in [-0.15, -0.1) is 0 Å². The Hall–Kier alpha value is -1.63. The average Bonchev–Trinajstić information content (AvgIpc) is 2.15. The van der Waals surface area contributed by atoms with E-state index >= 15 is 0 Å². The minimum atomic E-state index is 0.328. The maximum absolute atomic E-state index is 8.54. The van der Waals surface area contributed by atoms with Crippen molar-refractivity contribution in [3.8, 4) is 11.9 Å². The molecule has 1 aromatic rings. The molecule has 0 atom stereocenters. The van der Waals surface area contributed by atoms with Crippen LogP contribution in [0, 0.1) is 17.2 Å². The van der Waals surface area contributed by atoms with Gasteiger partial charge in [-0.3, -0.25) is 0 Å². The second-order valence-corrected chi connectivity index (χ2v) is 3.06. The Morgan fingerprint density at radius 2 is 2.31 bits per heavy atom. The number of rotatable bonds is 3. The Bertz CT molecular complexity index is 317. The van der Waals surface area contributed by atoms with Crippen molar-refractivity contribution in [1.82, 2.24) is 9.97 Å². The molecule has 1 rings (SSSR count). The summed E-state index contributed by atoms with van der Waals surface area (Å²) in [6.45, 7) is 4.70. The lowest BCUT2D eigenvalue weighted by atomic mass is 10.2. The Morgan fingerprint density at radius 3 is 2.92 bits per heavy atom. The zero-order valence-electron chi connectivity index (χ0n) is 7.69. The van der Waals surface area contributed by atoms with Crippen LogP contribution in [0.2, 0.25) is 0 Å². The summed E-state index contributed by atoms with van der Waals surface area (Å²) in [4.78, 5) is 7.61. The highest BCUT2D eigenvalue weighted by molar-refractivity contribution is 5.23. The van der Waals surface area contributed by atoms with Crippen LogP contribution in [0.25, 0.3) is 0 Å². The summed E-state index contributed by atoms with van der Waals surface area (Å²) < 4.78 is 5.31. The number of ether oxygens (including phenoxy) is 1. The van der Waals surface area contributed by atoms with Gasteiger partial charge in [-0.2, -0.15) is 5.26 Å². The molecule has 4 nitrogen and oxygen atoms in total. The minimum absolute atomic E-state index is 0.328. The van der Waals surface area contributed by atoms with Crippen molar-refractivity contribution in [2.24, 2.45) is 5.92 Å². The highest BCUT2D eigenvalue weighted by Crippen LogP contribution is 2.07. The Labute approximate surface area is 77.2 Å². The molecule has 13 heavy (non-hydrogen) atoms. The highest BCUT2D eigenvalue weighted by atomic mass is 16.5. The molecule has 0 bridgehead atoms. The Balaban J connectivity index is 2.63. The van der Waals surface area contributed by atoms with Crippen LogP contribution < -0.4 is 4.74 Å². The predicted octanol–water partition coefficient (Wildman–Crippen LogP) is 1.38. The van der Waals surface area contributed by atoms with Crippen LogP contribution in [-0.2, 0) is 0 Å². The van der Waals surface area contributed by atoms with Crippen LogP contribution >= 0.6 is 0 Å². The lowest BCUT2D eigenvalue weighted by Crippen LogP contribution is -2.05. The van der Waals surface area contributed by atoms with E-state index in [-0.39, 0.29) is 0 Å². The van der Waals surface area contributed by atoms with Gasteiger partial charge in [0.05, 0.1) is 6.61 Å². The monoisotopic (exact) mass is 177 g/mol. The van der Waals surface area contributed by atoms with E-state index < -0.39 is 0 Å². The van der Waals surface area contributed by atoms with Crippen molar-refractivity contribution >= 4 is 0 Å². The molecule has 4 heteroatoms. The average molecular weight is 177 g/mol. The van der Waals surface area contributed by atoms with Gasteiger partial charge in [0.25, 0.3) is 0 Å². The molecule has 0 aliphatic heterocycles. The number of nitriles is 1. The normalized spacial score (nSPS) is 9.69. The van der Waals surface area contributed by atoms with Gasteiger partial charge in [-0.05, 0) is 5.92 Å². The summed E-state index contributed by atoms with van der Waals surface area (Å²) in [6, 6.07) is 3.45. The van der Waals surface area contributed by atoms with E-state index in [4.69, 9.17) is 10.00 Å². The fourth-order valence-corrected chi connectivity index (χ4v) is 0.732. The number of hydrogen-bond acceptors (Lipinski definition) is 4. The summed E-state index contributed by atoms with van der Waals surface area (Å²) in [7, 11) is 0. The Kier molecular flexibility index (Phi) is 3.21. The van der Waals surface area contributed by atoms with Crippen LogP contribution in [0.5, 0.6) is 5.88 Å². The van der Waals surface area contributed by atoms with E-state index in [0.717, 1.165) is 0 Å². The third kappa shape index (κ3) is 3.08. The van der Waals surface area contributed by atoms with Gasteiger partial charge < -0.3 is 4.74 Å². The van der Waals surface area contributed by atoms with Crippen molar-refractivity contribution in [2.45, 2.75) is 13.8 Å². The van der Waals surface area contributed by atoms with Crippen LogP contribution in [0.1, 0.15) is 19.5 Å². The molecule has 68 valence electrons. The van der Waals surface area contributed by atoms with Gasteiger partial charge >= 0.3 is 0 Å². The van der Waals surface area contributed by atoms with E-state index in [0.29, 0.717) is 24.1 Å². The van der Waals surface area contributed by atoms with Crippen LogP contribution in [0.3, 0.4) is 0 Å². The summed E-state index contributed by atoms with van der Waals surface area (Å²) >= 11 is 0. The molecule has 0 amide bonds. The first-order chi connectivity index (χ1) is 6.22. The highest BCUT2D eigenvalue weighted by Gasteiger charge is 1.99. The molecular weight excluding hydrogens is 166 g/mol. The molecule has 0 saturated heterocycles. The molecule has 0 unspecified atom stereocenters. The second kappa shape index (κ2) is 4.41. The molecule has 0 spiro atoms. The minimum Gasteiger partial charge on any atom is -0.477 e. The lowest BCUT2D eigenvalue weighted by Gasteiger charge is -2.06. The van der Waals surface area contributed by atoms with Gasteiger partial charge in [0.15, 0.2) is 0 Å². The molecule has 0 saturated carbocycles. The van der Waals surface area contributed by atoms with Crippen LogP contribution in [0.15, 0.2) is 12.4 Å². The lowest BCUT2D eigenvalue weighted by molar-refractivity contribution is 0.261. The maximum Gasteiger partial charge on any atom is 0.217 e. The molecule has 0 aromatic carbocycles. The third-order valence-corrected chi connectivity index (χ3v) is 1.32. The van der Waals surface area contributed by atoms with E-state index in [1.54, 1.807) is 0 Å². The summed E-state index contributed by atoms with van der Waals surface area (Å²) in [5, 5.41) is 8.54. The third-order valence-electron chi connectivity index (χ3n) is 1.32. The number of hydrogen-bond donors (Lipinski definition) is 0. The standard InChI is InChI=1S/C9H11N3O/c1-7(2)5-13-9-3-8(4-10)11-6-12-9/h3,6-7H,5H2,1-2H3. The zero-order chi connectivity index (χ0) is 9.68. The number of nitrogens with zero attached hydrogens (tertiary/aromatic N) is 3. The molecule has 0 aliphatic carbocycles. The molecule has 1 heterocycles. The first-order valence-electron chi connectivity index (χ1n) is 4.07. The van der Waals surface area contributed by atoms with Crippen molar-refractivity contribution in [3.05, 3.63) is 18.1 Å². The summed E-state index contributed by atoms with van der Waals surface area (Å²) in [5.41, 5.74) is 0.328. The van der Waals surface area contributed by atoms with Crippen molar-refractivity contribution in [3.63, 3.8) is 0 Å². The smallest absolute Gasteiger partial charge is 0.217 e. The van der Waals surface area contributed by atoms with Gasteiger partial charge in [-0.1, -0.05) is 13.8 Å². The van der Waals surface area contributed by atoms with Crippen LogP contribution in [0.4, 0.5) is 0 Å². The fourth-order valence-electron chi connectivity index (χ4n) is 0.732. The van der Waals surface area contributed by atoms with E-state index in [2.05, 4.69) is 9.97 Å². The summed E-state index contributed by atoms with van der Waals surface area (Å²) in [6.07, 6.45) is 1.33. The maximum atomic E-state index is 8.54. The van der Waals surface area contributed by atoms with Gasteiger partial charge in [0, 0.05) is 6.07 Å². The fraction of sp³-hybridized carbons (Fsp3) is 0.444. The first kappa shape index (κ1) is 9.46. The quantitative estimate of drug-likeness (QED) is 0.699. The molecule has 0 N–H and O–H groups in total. The van der Waals surface area contributed by atoms with Crippen molar-refractivity contribution < 1.29 is 4.74 Å². The van der Waals surface area contributed by atoms with E-state index in [1.165, 1.54) is 12.4 Å². The largest absolute Gasteiger partial charge is 0.477 e. The molecule has 0 fully saturated rings. The Morgan fingerprint density at radius 1 is 1.54 bits per heavy atom. The zero-order valence-corrected chi connectivity index (χ0v) is 7.69. The predicted molar refractivity (Wildman–Crippen MR) is 47.1 cm³/mol. The first-order valence-corrected chi connectivity index (χ1v) is 4.07. The van der Waals surface area contributed by atoms with Crippen molar-refractivity contribution in [2.75, 3.05) is 6.61 Å². The molecule has 0 radical (unpaired) electrons. The second-order valence-electron chi connectivity index (χ2n) is 3.06. The summed E-state index contributed by atoms with van der Waals surface area (Å²) in [5.74, 6) is 0.903. The van der Waals surface area contributed by atoms with Crippen molar-refractivity contribution in [1.29, 1.82) is 5.26 Å². The SMILES string of the molecule is CC(C)COc1cc(C#N)ncn1. The van der Waals surface area contributed by atoms with E-state index in [1.807, 2.05) is 19.9 Å². The van der Waals surface area contributed by atoms with E-state index in [9.17, 15) is 0 Å². The molecule has 1 aromatic heterocycles. The van der Waals surface area contributed by atoms with Gasteiger partial charge in [-0.25, -0.2) is 9.97 Å². The van der Waals surface area contributed by atoms with Gasteiger partial charge in [0.2, 0.25) is 5.88 Å². The topological polar surface area (TPSA) is 58.8 Å². The number of aromatic nitrogens is 2. The molecular formula is C9H11N3O. The van der Waals surface area contributed by atoms with Crippen LogP contribution in [-0.4, -0.2) is 16.6 Å². The van der Waals surface area contributed by atoms with Gasteiger partial charge in [0.1, 0.15) is 18.1 Å². The molecule has 0 aliphatic rings.